The number of nitrogens with zero attached hydrogens (tertiary/aromatic N) is 4. The van der Waals surface area contributed by atoms with Gasteiger partial charge in [0.1, 0.15) is 5.82 Å². The highest BCUT2D eigenvalue weighted by atomic mass is 16.5. The molecule has 0 radical (unpaired) electrons. The van der Waals surface area contributed by atoms with E-state index in [1.54, 1.807) is 29.2 Å². The number of nitrogens with two attached hydrogens (primary N) is 1. The summed E-state index contributed by atoms with van der Waals surface area (Å²) in [6.07, 6.45) is 7.67. The van der Waals surface area contributed by atoms with E-state index in [0.29, 0.717) is 30.4 Å². The lowest BCUT2D eigenvalue weighted by Crippen LogP contribution is -2.06. The van der Waals surface area contributed by atoms with Crippen LogP contribution in [-0.2, 0) is 6.42 Å². The van der Waals surface area contributed by atoms with Gasteiger partial charge >= 0.3 is 0 Å². The maximum absolute atomic E-state index is 5.71. The molecular formula is C13H13N5O. The molecule has 0 saturated carbocycles. The summed E-state index contributed by atoms with van der Waals surface area (Å²) in [5.74, 6) is 0.847. The number of pyridine rings is 1. The Labute approximate surface area is 109 Å². The molecule has 0 aliphatic heterocycles. The molecule has 0 atom stereocenters. The van der Waals surface area contributed by atoms with Crippen molar-refractivity contribution in [2.45, 2.75) is 6.42 Å². The van der Waals surface area contributed by atoms with Gasteiger partial charge < -0.3 is 10.5 Å². The third kappa shape index (κ3) is 2.47. The Balaban J connectivity index is 1.73. The molecule has 0 bridgehead atoms. The van der Waals surface area contributed by atoms with E-state index in [4.69, 9.17) is 10.5 Å². The van der Waals surface area contributed by atoms with Crippen molar-refractivity contribution in [3.05, 3.63) is 48.7 Å². The second kappa shape index (κ2) is 4.93. The van der Waals surface area contributed by atoms with Crippen molar-refractivity contribution in [2.24, 2.45) is 0 Å². The van der Waals surface area contributed by atoms with Crippen LogP contribution in [0.5, 0.6) is 5.88 Å². The van der Waals surface area contributed by atoms with Crippen LogP contribution in [0.1, 0.15) is 5.69 Å². The molecule has 0 amide bonds. The summed E-state index contributed by atoms with van der Waals surface area (Å²) in [6, 6.07) is 5.80. The van der Waals surface area contributed by atoms with Gasteiger partial charge in [0.2, 0.25) is 5.65 Å². The quantitative estimate of drug-likeness (QED) is 0.760. The van der Waals surface area contributed by atoms with Crippen molar-refractivity contribution < 1.29 is 4.74 Å². The molecule has 96 valence electrons. The zero-order valence-electron chi connectivity index (χ0n) is 10.2. The highest BCUT2D eigenvalue weighted by Crippen LogP contribution is 2.17. The Morgan fingerprint density at radius 1 is 1.21 bits per heavy atom. The first kappa shape index (κ1) is 11.5. The number of hydrogen-bond donors (Lipinski definition) is 1. The smallest absolute Gasteiger partial charge is 0.260 e. The molecule has 0 aliphatic rings. The van der Waals surface area contributed by atoms with Gasteiger partial charge in [-0.25, -0.2) is 4.98 Å². The van der Waals surface area contributed by atoms with Gasteiger partial charge in [0.15, 0.2) is 0 Å². The molecular weight excluding hydrogens is 242 g/mol. The summed E-state index contributed by atoms with van der Waals surface area (Å²) in [6.45, 7) is 0.482. The molecule has 0 spiro atoms. The maximum Gasteiger partial charge on any atom is 0.260 e. The van der Waals surface area contributed by atoms with E-state index in [2.05, 4.69) is 15.0 Å². The second-order valence-corrected chi connectivity index (χ2v) is 4.05. The third-order valence-electron chi connectivity index (χ3n) is 2.69. The van der Waals surface area contributed by atoms with Gasteiger partial charge in [-0.05, 0) is 12.1 Å². The molecule has 19 heavy (non-hydrogen) atoms. The highest BCUT2D eigenvalue weighted by Gasteiger charge is 2.07. The lowest BCUT2D eigenvalue weighted by Gasteiger charge is -2.07. The topological polar surface area (TPSA) is 78.3 Å². The van der Waals surface area contributed by atoms with Crippen LogP contribution in [0.2, 0.25) is 0 Å². The van der Waals surface area contributed by atoms with Crippen molar-refractivity contribution in [1.82, 2.24) is 19.4 Å². The molecule has 3 heterocycles. The minimum Gasteiger partial charge on any atom is -0.475 e. The molecule has 6 heteroatoms. The Kier molecular flexibility index (Phi) is 2.97. The first-order valence-corrected chi connectivity index (χ1v) is 5.95. The molecule has 0 saturated heterocycles. The van der Waals surface area contributed by atoms with Gasteiger partial charge in [-0.2, -0.15) is 4.98 Å². The molecule has 3 aromatic heterocycles. The Bertz CT molecular complexity index is 680. The number of ether oxygens (including phenoxy) is 1. The maximum atomic E-state index is 5.71. The van der Waals surface area contributed by atoms with Crippen molar-refractivity contribution in [2.75, 3.05) is 12.3 Å². The number of aromatic nitrogens is 4. The van der Waals surface area contributed by atoms with Crippen LogP contribution >= 0.6 is 0 Å². The minimum absolute atomic E-state index is 0.401. The molecule has 0 unspecified atom stereocenters. The fourth-order valence-corrected chi connectivity index (χ4v) is 1.82. The summed E-state index contributed by atoms with van der Waals surface area (Å²) in [7, 11) is 0. The number of nitrogen functional groups attached to an aromatic ring is 1. The van der Waals surface area contributed by atoms with Crippen molar-refractivity contribution >= 4 is 11.5 Å². The van der Waals surface area contributed by atoms with Crippen LogP contribution in [0, 0.1) is 0 Å². The lowest BCUT2D eigenvalue weighted by molar-refractivity contribution is 0.310. The second-order valence-electron chi connectivity index (χ2n) is 4.05. The largest absolute Gasteiger partial charge is 0.475 e. The number of hydrogen-bond acceptors (Lipinski definition) is 5. The van der Waals surface area contributed by atoms with Gasteiger partial charge in [-0.15, -0.1) is 0 Å². The van der Waals surface area contributed by atoms with Crippen molar-refractivity contribution in [3.8, 4) is 5.88 Å². The van der Waals surface area contributed by atoms with Gasteiger partial charge in [0.05, 0.1) is 12.8 Å². The predicted molar refractivity (Wildman–Crippen MR) is 70.8 cm³/mol. The van der Waals surface area contributed by atoms with E-state index >= 15 is 0 Å². The predicted octanol–water partition coefficient (Wildman–Crippen LogP) is 1.33. The Hall–Kier alpha value is -2.63. The number of fused-ring (bicyclic) bond motifs is 1. The van der Waals surface area contributed by atoms with E-state index in [0.717, 1.165) is 5.69 Å². The first-order valence-electron chi connectivity index (χ1n) is 5.95. The molecule has 6 nitrogen and oxygen atoms in total. The molecule has 0 aliphatic carbocycles. The molecule has 3 aromatic rings. The fraction of sp³-hybridized carbons (Fsp3) is 0.154. The summed E-state index contributed by atoms with van der Waals surface area (Å²) in [5, 5.41) is 0. The minimum atomic E-state index is 0.401. The summed E-state index contributed by atoms with van der Waals surface area (Å²) >= 11 is 0. The van der Waals surface area contributed by atoms with Gasteiger partial charge in [0.25, 0.3) is 5.88 Å². The van der Waals surface area contributed by atoms with Gasteiger partial charge in [-0.1, -0.05) is 6.07 Å². The zero-order valence-corrected chi connectivity index (χ0v) is 10.2. The Morgan fingerprint density at radius 3 is 3.00 bits per heavy atom. The number of rotatable bonds is 4. The van der Waals surface area contributed by atoms with E-state index in [1.807, 2.05) is 18.2 Å². The van der Waals surface area contributed by atoms with Crippen LogP contribution in [0.15, 0.2) is 43.0 Å². The normalized spacial score (nSPS) is 10.7. The van der Waals surface area contributed by atoms with Gasteiger partial charge in [0, 0.05) is 30.7 Å². The van der Waals surface area contributed by atoms with Gasteiger partial charge in [-0.3, -0.25) is 9.38 Å². The number of imidazole rings is 1. The first-order chi connectivity index (χ1) is 9.33. The van der Waals surface area contributed by atoms with Crippen LogP contribution in [0.3, 0.4) is 0 Å². The van der Waals surface area contributed by atoms with Crippen LogP contribution in [0.25, 0.3) is 5.65 Å². The summed E-state index contributed by atoms with van der Waals surface area (Å²) in [5.41, 5.74) is 7.35. The van der Waals surface area contributed by atoms with E-state index in [9.17, 15) is 0 Å². The average molecular weight is 255 g/mol. The molecule has 3 rings (SSSR count). The van der Waals surface area contributed by atoms with Crippen LogP contribution in [-0.4, -0.2) is 26.0 Å². The van der Waals surface area contributed by atoms with E-state index in [-0.39, 0.29) is 0 Å². The lowest BCUT2D eigenvalue weighted by atomic mass is 10.3. The summed E-state index contributed by atoms with van der Waals surface area (Å²) < 4.78 is 7.44. The van der Waals surface area contributed by atoms with E-state index < -0.39 is 0 Å². The highest BCUT2D eigenvalue weighted by molar-refractivity contribution is 5.52. The molecule has 2 N–H and O–H groups in total. The fourth-order valence-electron chi connectivity index (χ4n) is 1.82. The van der Waals surface area contributed by atoms with E-state index in [1.165, 1.54) is 0 Å². The molecule has 0 aromatic carbocycles. The standard InChI is InChI=1S/C13H13N5O/c14-11-9-18-7-6-16-12(18)13(17-11)19-8-4-10-3-1-2-5-15-10/h1-3,5-7,9H,4,8,14H2. The van der Waals surface area contributed by atoms with Crippen LogP contribution in [0.4, 0.5) is 5.82 Å². The average Bonchev–Trinajstić information content (AvgIpc) is 2.88. The SMILES string of the molecule is Nc1cn2ccnc2c(OCCc2ccccn2)n1. The summed E-state index contributed by atoms with van der Waals surface area (Å²) in [4.78, 5) is 12.6. The third-order valence-corrected chi connectivity index (χ3v) is 2.69. The monoisotopic (exact) mass is 255 g/mol. The zero-order chi connectivity index (χ0) is 13.1. The van der Waals surface area contributed by atoms with Crippen molar-refractivity contribution in [3.63, 3.8) is 0 Å². The molecule has 0 fully saturated rings. The Morgan fingerprint density at radius 2 is 2.16 bits per heavy atom. The van der Waals surface area contributed by atoms with Crippen LogP contribution < -0.4 is 10.5 Å². The number of anilines is 1. The van der Waals surface area contributed by atoms with Crippen molar-refractivity contribution in [1.29, 1.82) is 0 Å².